The summed E-state index contributed by atoms with van der Waals surface area (Å²) < 4.78 is 90.7. The Kier molecular flexibility index (Phi) is 29.5. The Morgan fingerprint density at radius 2 is 1.28 bits per heavy atom. The summed E-state index contributed by atoms with van der Waals surface area (Å²) in [5.41, 5.74) is -2.19. The van der Waals surface area contributed by atoms with Gasteiger partial charge in [0.25, 0.3) is 0 Å². The first-order chi connectivity index (χ1) is 49.9. The zero-order chi connectivity index (χ0) is 79.9. The minimum Gasteiger partial charge on any atom is -0.381 e. The fraction of sp³-hybridized carbons (Fsp3) is 0.816. The van der Waals surface area contributed by atoms with Crippen LogP contribution in [0.25, 0.3) is 0 Å². The van der Waals surface area contributed by atoms with Gasteiger partial charge in [0.15, 0.2) is 0 Å². The topological polar surface area (TPSA) is 279 Å². The largest absolute Gasteiger partial charge is 0.394 e. The summed E-state index contributed by atoms with van der Waals surface area (Å²) in [4.78, 5) is 192. The average molecular weight is 1520 g/mol. The molecule has 0 radical (unpaired) electrons. The Hall–Kier alpha value is -7.08. The van der Waals surface area contributed by atoms with E-state index < -0.39 is 210 Å². The first-order valence-corrected chi connectivity index (χ1v) is 38.5. The summed E-state index contributed by atoms with van der Waals surface area (Å²) in [6.45, 7) is 11.0. The molecule has 7 rings (SSSR count). The van der Waals surface area contributed by atoms with Crippen molar-refractivity contribution in [1.29, 1.82) is 0 Å². The molecule has 2 saturated heterocycles. The summed E-state index contributed by atoms with van der Waals surface area (Å²) in [6.07, 6.45) is -5.02. The molecule has 13 atom stereocenters. The molecular weight excluding hydrogens is 1400 g/mol. The normalized spacial score (nSPS) is 32.0. The van der Waals surface area contributed by atoms with Crippen LogP contribution in [0.1, 0.15) is 183 Å². The first kappa shape index (κ1) is 87.1. The number of nitrogens with one attached hydrogen (secondary N) is 3. The summed E-state index contributed by atoms with van der Waals surface area (Å²) in [6, 6.07) is -10.7. The van der Waals surface area contributed by atoms with Crippen molar-refractivity contribution in [2.45, 2.75) is 256 Å². The molecule has 6 fully saturated rings. The summed E-state index contributed by atoms with van der Waals surface area (Å²) >= 11 is 0. The minimum atomic E-state index is -4.55. The predicted octanol–water partition coefficient (Wildman–Crippen LogP) is 6.56. The number of carbonyl (C=O) groups excluding carboxylic acids is 12. The summed E-state index contributed by atoms with van der Waals surface area (Å²) in [5.74, 6) is -14.9. The highest BCUT2D eigenvalue weighted by atomic mass is 19.4. The van der Waals surface area contributed by atoms with E-state index in [1.165, 1.54) is 83.1 Å². The Labute approximate surface area is 627 Å². The number of hydrogen-bond acceptors (Lipinski definition) is 13. The van der Waals surface area contributed by atoms with Crippen LogP contribution < -0.4 is 16.0 Å². The Morgan fingerprint density at radius 1 is 0.664 bits per heavy atom. The molecule has 3 aliphatic heterocycles. The number of carbonyl (C=O) groups is 12. The summed E-state index contributed by atoms with van der Waals surface area (Å²) in [7, 11) is 12.3. The van der Waals surface area contributed by atoms with Gasteiger partial charge in [0.2, 0.25) is 70.9 Å². The van der Waals surface area contributed by atoms with Crippen molar-refractivity contribution in [2.24, 2.45) is 52.8 Å². The molecule has 7 aliphatic rings. The monoisotopic (exact) mass is 1520 g/mol. The molecule has 604 valence electrons. The minimum absolute atomic E-state index is 0.0155. The van der Waals surface area contributed by atoms with Crippen molar-refractivity contribution in [3.05, 3.63) is 12.2 Å². The molecule has 4 saturated carbocycles. The van der Waals surface area contributed by atoms with Crippen LogP contribution in [0.3, 0.4) is 0 Å². The molecule has 1 spiro atoms. The second kappa shape index (κ2) is 36.2. The van der Waals surface area contributed by atoms with Gasteiger partial charge < -0.3 is 64.8 Å². The van der Waals surface area contributed by atoms with Crippen LogP contribution in [-0.4, -0.2) is 277 Å². The Balaban J connectivity index is 1.32. The Bertz CT molecular complexity index is 3240. The second-order valence-corrected chi connectivity index (χ2v) is 33.6. The van der Waals surface area contributed by atoms with Crippen molar-refractivity contribution in [2.75, 3.05) is 89.7 Å². The van der Waals surface area contributed by atoms with Crippen LogP contribution in [0.2, 0.25) is 0 Å². The van der Waals surface area contributed by atoms with Gasteiger partial charge in [0, 0.05) is 76.6 Å². The van der Waals surface area contributed by atoms with Gasteiger partial charge in [0.05, 0.1) is 37.5 Å². The molecule has 25 nitrogen and oxygen atoms in total. The molecule has 0 aromatic heterocycles. The molecule has 31 heteroatoms. The van der Waals surface area contributed by atoms with E-state index in [2.05, 4.69) is 16.0 Å². The Morgan fingerprint density at radius 3 is 1.85 bits per heavy atom. The predicted molar refractivity (Wildman–Crippen MR) is 385 cm³/mol. The van der Waals surface area contributed by atoms with Crippen molar-refractivity contribution >= 4 is 70.9 Å². The highest BCUT2D eigenvalue weighted by Gasteiger charge is 2.59. The van der Waals surface area contributed by atoms with E-state index >= 15 is 28.8 Å². The maximum Gasteiger partial charge on any atom is 0.394 e. The number of halogens is 6. The number of likely N-dealkylation sites (N-methyl/N-ethyl adjacent to an activating group) is 7. The van der Waals surface area contributed by atoms with Crippen LogP contribution in [0.15, 0.2) is 12.2 Å². The first-order valence-electron chi connectivity index (χ1n) is 38.5. The molecule has 4 aliphatic carbocycles. The van der Waals surface area contributed by atoms with Crippen molar-refractivity contribution in [1.82, 2.24) is 60.0 Å². The second-order valence-electron chi connectivity index (χ2n) is 33.6. The molecule has 2 bridgehead atoms. The average Bonchev–Trinajstić information content (AvgIpc) is 1.31. The molecule has 3 N–H and O–H groups in total. The van der Waals surface area contributed by atoms with Gasteiger partial charge in [-0.15, -0.1) is 0 Å². The van der Waals surface area contributed by atoms with Crippen LogP contribution in [0.4, 0.5) is 26.3 Å². The molecule has 0 aromatic rings. The van der Waals surface area contributed by atoms with Gasteiger partial charge in [-0.3, -0.25) is 57.5 Å². The highest BCUT2D eigenvalue weighted by Crippen LogP contribution is 2.50. The smallest absolute Gasteiger partial charge is 0.381 e. The third-order valence-electron chi connectivity index (χ3n) is 24.3. The number of rotatable bonds is 11. The van der Waals surface area contributed by atoms with Gasteiger partial charge in [0.1, 0.15) is 53.9 Å². The van der Waals surface area contributed by atoms with Crippen LogP contribution in [0, 0.1) is 52.8 Å². The van der Waals surface area contributed by atoms with Gasteiger partial charge >= 0.3 is 12.4 Å². The molecular formula is C76H120F6N12O13. The van der Waals surface area contributed by atoms with E-state index in [0.29, 0.717) is 32.1 Å². The lowest BCUT2D eigenvalue weighted by molar-refractivity contribution is -0.215. The van der Waals surface area contributed by atoms with Crippen LogP contribution in [0.5, 0.6) is 0 Å². The van der Waals surface area contributed by atoms with E-state index in [1.54, 1.807) is 39.8 Å². The van der Waals surface area contributed by atoms with E-state index in [4.69, 9.17) is 4.74 Å². The maximum atomic E-state index is 15.7. The number of hydrogen-bond donors (Lipinski definition) is 3. The zero-order valence-corrected chi connectivity index (χ0v) is 65.7. The number of fused-ring (bicyclic) bond motifs is 3. The molecule has 3 unspecified atom stereocenters. The summed E-state index contributed by atoms with van der Waals surface area (Å²) in [5, 5.41) is 8.72. The maximum absolute atomic E-state index is 15.7. The van der Waals surface area contributed by atoms with Gasteiger partial charge in [-0.05, 0) is 150 Å². The van der Waals surface area contributed by atoms with Gasteiger partial charge in [-0.2, -0.15) is 26.3 Å². The standard InChI is InChI=1S/C76H120F6N12O13/c1-17-46(5)61-70(104)88(11)41-60(97)89(12)53-25-19-18-22-34-93(69(53)103)56(36-47-26-30-50(31-27-47)75(77,78)79)68(102)87(10)40-58(95)83-52(33-29-48-28-32-51(76(80,81)82)57(37-48)107-16)66(100)94-39-45(4)35-54(94)64(98)85-74(42-73(6,7)43-74)72(106)92(15)63(49-23-20-21-24-49)71(105)90(13)55(67(101)86(8)9)38-59(96)91(14)62(44(2)3)65(99)84-61/h18-19,44-57,61-63H,17,20-43H2,1-16H3,(H,83,95)(H,84,99)(H,85,98)/b19-18-/t45-,46-,47?,48?,50?,51?,52-,53-,54-,55-,56-,57?,61-,62-,63-/m0/s1. The van der Waals surface area contributed by atoms with E-state index in [-0.39, 0.29) is 115 Å². The lowest BCUT2D eigenvalue weighted by atomic mass is 9.58. The molecule has 107 heavy (non-hydrogen) atoms. The lowest BCUT2D eigenvalue weighted by Crippen LogP contribution is -2.71. The molecule has 12 amide bonds. The van der Waals surface area contributed by atoms with E-state index in [0.717, 1.165) is 24.5 Å². The lowest BCUT2D eigenvalue weighted by Gasteiger charge is -2.54. The zero-order valence-electron chi connectivity index (χ0n) is 65.7. The van der Waals surface area contributed by atoms with E-state index in [1.807, 2.05) is 20.8 Å². The van der Waals surface area contributed by atoms with E-state index in [9.17, 15) is 55.1 Å². The van der Waals surface area contributed by atoms with Gasteiger partial charge in [-0.1, -0.05) is 79.9 Å². The quantitative estimate of drug-likeness (QED) is 0.146. The number of nitrogens with zero attached hydrogens (tertiary/aromatic N) is 9. The van der Waals surface area contributed by atoms with Crippen LogP contribution >= 0.6 is 0 Å². The van der Waals surface area contributed by atoms with Crippen molar-refractivity contribution in [3.63, 3.8) is 0 Å². The molecule has 0 aromatic carbocycles. The number of amides is 12. The van der Waals surface area contributed by atoms with Crippen molar-refractivity contribution < 1.29 is 88.6 Å². The highest BCUT2D eigenvalue weighted by molar-refractivity contribution is 6.01. The fourth-order valence-electron chi connectivity index (χ4n) is 18.1. The SMILES string of the molecule is CC[C@H](C)[C@@H]1NC(=O)[C@H](C(C)C)N(C)C(=O)C[C@@H](C(=O)N(C)C)N(C)C(=O)[C@H](C2CCCC2)N(C)C(=O)C2(CC(C)(C)C2)NC(=O)[C@@H]2C[C@H](C)CN2C(=O)[C@H](CCC2CCC(C(F)(F)F)C(OC)C2)NC(=O)CN(C)C(=O)[C@H](CC2CCC(C(F)(F)F)CC2)N2CC/C=C\C[C@@H](C2=O)N(C)C(=O)CN(C)C1=O. The fourth-order valence-corrected chi connectivity index (χ4v) is 18.1. The number of methoxy groups -OCH3 is 1. The van der Waals surface area contributed by atoms with Crippen molar-refractivity contribution in [3.8, 4) is 0 Å². The third kappa shape index (κ3) is 20.9. The number of alkyl halides is 6. The van der Waals surface area contributed by atoms with Crippen LogP contribution in [-0.2, 0) is 62.3 Å². The van der Waals surface area contributed by atoms with Gasteiger partial charge in [-0.25, -0.2) is 0 Å². The number of ether oxygens (including phenoxy) is 1. The third-order valence-corrected chi connectivity index (χ3v) is 24.3. The molecule has 3 heterocycles.